The van der Waals surface area contributed by atoms with E-state index in [1.807, 2.05) is 38.1 Å². The molecule has 3 N–H and O–H groups in total. The smallest absolute Gasteiger partial charge is 0.238 e. The quantitative estimate of drug-likeness (QED) is 0.913. The third-order valence-corrected chi connectivity index (χ3v) is 3.00. The fourth-order valence-electron chi connectivity index (χ4n) is 1.44. The van der Waals surface area contributed by atoms with Crippen molar-refractivity contribution in [3.63, 3.8) is 0 Å². The summed E-state index contributed by atoms with van der Waals surface area (Å²) in [5.74, 6) is 1.28. The van der Waals surface area contributed by atoms with E-state index in [0.29, 0.717) is 5.88 Å². The largest absolute Gasteiger partial charge is 0.436 e. The monoisotopic (exact) mass is 295 g/mol. The molecule has 0 saturated heterocycles. The molecule has 0 spiro atoms. The molecule has 0 aliphatic rings. The number of benzene rings is 1. The van der Waals surface area contributed by atoms with E-state index in [-0.39, 0.29) is 6.04 Å². The summed E-state index contributed by atoms with van der Waals surface area (Å²) in [6.45, 7) is 3.87. The number of ether oxygens (including phenoxy) is 1. The molecule has 1 unspecified atom stereocenters. The minimum atomic E-state index is 0.00739. The van der Waals surface area contributed by atoms with Crippen molar-refractivity contribution in [2.75, 3.05) is 0 Å². The van der Waals surface area contributed by atoms with Gasteiger partial charge in [-0.05, 0) is 47.5 Å². The number of aromatic amines is 1. The molecule has 1 heterocycles. The predicted molar refractivity (Wildman–Crippen MR) is 70.1 cm³/mol. The van der Waals surface area contributed by atoms with Gasteiger partial charge in [0.2, 0.25) is 5.88 Å². The Hall–Kier alpha value is -1.33. The highest BCUT2D eigenvalue weighted by Gasteiger charge is 2.07. The lowest BCUT2D eigenvalue weighted by Gasteiger charge is -2.09. The number of hydrogen-bond acceptors (Lipinski definition) is 3. The summed E-state index contributed by atoms with van der Waals surface area (Å²) in [5, 5.41) is 6.84. The minimum Gasteiger partial charge on any atom is -0.436 e. The second kappa shape index (κ2) is 4.89. The lowest BCUT2D eigenvalue weighted by molar-refractivity contribution is 0.458. The predicted octanol–water partition coefficient (Wildman–Crippen LogP) is 3.29. The maximum atomic E-state index is 5.81. The highest BCUT2D eigenvalue weighted by Crippen LogP contribution is 2.31. The minimum absolute atomic E-state index is 0.00739. The molecule has 4 nitrogen and oxygen atoms in total. The van der Waals surface area contributed by atoms with E-state index in [1.165, 1.54) is 0 Å². The van der Waals surface area contributed by atoms with Gasteiger partial charge in [0.25, 0.3) is 0 Å². The zero-order valence-corrected chi connectivity index (χ0v) is 11.3. The van der Waals surface area contributed by atoms with Crippen molar-refractivity contribution in [3.8, 4) is 11.6 Å². The summed E-state index contributed by atoms with van der Waals surface area (Å²) in [6.07, 6.45) is 0. The zero-order chi connectivity index (χ0) is 12.4. The first-order chi connectivity index (χ1) is 8.06. The highest BCUT2D eigenvalue weighted by atomic mass is 79.9. The van der Waals surface area contributed by atoms with E-state index >= 15 is 0 Å². The maximum Gasteiger partial charge on any atom is 0.238 e. The molecule has 0 saturated carbocycles. The number of H-pyrrole nitrogens is 1. The number of aromatic nitrogens is 2. The molecule has 0 bridgehead atoms. The Balaban J connectivity index is 2.22. The molecule has 5 heteroatoms. The number of halogens is 1. The van der Waals surface area contributed by atoms with Crippen molar-refractivity contribution in [1.29, 1.82) is 0 Å². The van der Waals surface area contributed by atoms with Crippen LogP contribution in [0.5, 0.6) is 11.6 Å². The van der Waals surface area contributed by atoms with Gasteiger partial charge in [-0.1, -0.05) is 6.07 Å². The standard InChI is InChI=1S/C12H14BrN3O/c1-7-5-12(16-15-7)17-11-4-3-9(8(2)14)6-10(11)13/h3-6,8H,14H2,1-2H3,(H,15,16). The number of nitrogens with one attached hydrogen (secondary N) is 1. The van der Waals surface area contributed by atoms with Gasteiger partial charge in [0, 0.05) is 17.8 Å². The number of aryl methyl sites for hydroxylation is 1. The number of nitrogens with zero attached hydrogens (tertiary/aromatic N) is 1. The van der Waals surface area contributed by atoms with Crippen molar-refractivity contribution in [1.82, 2.24) is 10.2 Å². The van der Waals surface area contributed by atoms with Crippen LogP contribution in [0.1, 0.15) is 24.2 Å². The van der Waals surface area contributed by atoms with Gasteiger partial charge in [-0.25, -0.2) is 0 Å². The van der Waals surface area contributed by atoms with Crippen LogP contribution in [-0.4, -0.2) is 10.2 Å². The molecular formula is C12H14BrN3O. The Bertz CT molecular complexity index is 522. The van der Waals surface area contributed by atoms with Gasteiger partial charge in [-0.2, -0.15) is 0 Å². The van der Waals surface area contributed by atoms with Crippen LogP contribution in [0.25, 0.3) is 0 Å². The molecular weight excluding hydrogens is 282 g/mol. The fourth-order valence-corrected chi connectivity index (χ4v) is 1.92. The Morgan fingerprint density at radius 2 is 2.18 bits per heavy atom. The van der Waals surface area contributed by atoms with Crippen molar-refractivity contribution in [2.45, 2.75) is 19.9 Å². The maximum absolute atomic E-state index is 5.81. The molecule has 1 aromatic carbocycles. The van der Waals surface area contributed by atoms with Crippen LogP contribution in [-0.2, 0) is 0 Å². The van der Waals surface area contributed by atoms with Crippen LogP contribution >= 0.6 is 15.9 Å². The highest BCUT2D eigenvalue weighted by molar-refractivity contribution is 9.10. The van der Waals surface area contributed by atoms with Crippen LogP contribution in [0, 0.1) is 6.92 Å². The van der Waals surface area contributed by atoms with E-state index in [9.17, 15) is 0 Å². The SMILES string of the molecule is Cc1cc(Oc2ccc(C(C)N)cc2Br)n[nH]1. The normalized spacial score (nSPS) is 12.5. The summed E-state index contributed by atoms with van der Waals surface area (Å²) in [7, 11) is 0. The average Bonchev–Trinajstić information content (AvgIpc) is 2.67. The molecule has 0 aliphatic carbocycles. The molecule has 1 aromatic heterocycles. The summed E-state index contributed by atoms with van der Waals surface area (Å²) in [5.41, 5.74) is 7.83. The van der Waals surface area contributed by atoms with E-state index in [2.05, 4.69) is 26.1 Å². The average molecular weight is 296 g/mol. The Kier molecular flexibility index (Phi) is 3.49. The zero-order valence-electron chi connectivity index (χ0n) is 9.70. The number of hydrogen-bond donors (Lipinski definition) is 2. The molecule has 0 amide bonds. The van der Waals surface area contributed by atoms with Crippen LogP contribution < -0.4 is 10.5 Å². The van der Waals surface area contributed by atoms with Crippen LogP contribution in [0.3, 0.4) is 0 Å². The topological polar surface area (TPSA) is 63.9 Å². The first-order valence-corrected chi connectivity index (χ1v) is 6.10. The fraction of sp³-hybridized carbons (Fsp3) is 0.250. The summed E-state index contributed by atoms with van der Waals surface area (Å²) >= 11 is 3.46. The van der Waals surface area contributed by atoms with E-state index in [0.717, 1.165) is 21.5 Å². The van der Waals surface area contributed by atoms with E-state index in [1.54, 1.807) is 0 Å². The van der Waals surface area contributed by atoms with Gasteiger partial charge in [0.15, 0.2) is 0 Å². The van der Waals surface area contributed by atoms with Crippen molar-refractivity contribution < 1.29 is 4.74 Å². The first-order valence-electron chi connectivity index (χ1n) is 5.31. The van der Waals surface area contributed by atoms with Crippen LogP contribution in [0.2, 0.25) is 0 Å². The first kappa shape index (κ1) is 12.1. The molecule has 17 heavy (non-hydrogen) atoms. The van der Waals surface area contributed by atoms with Crippen LogP contribution in [0.15, 0.2) is 28.7 Å². The third-order valence-electron chi connectivity index (χ3n) is 2.38. The molecule has 2 rings (SSSR count). The van der Waals surface area contributed by atoms with E-state index in [4.69, 9.17) is 10.5 Å². The van der Waals surface area contributed by atoms with E-state index < -0.39 is 0 Å². The van der Waals surface area contributed by atoms with Gasteiger partial charge < -0.3 is 10.5 Å². The molecule has 0 radical (unpaired) electrons. The molecule has 1 atom stereocenters. The van der Waals surface area contributed by atoms with Crippen molar-refractivity contribution in [2.24, 2.45) is 5.73 Å². The van der Waals surface area contributed by atoms with Crippen LogP contribution in [0.4, 0.5) is 0 Å². The second-order valence-electron chi connectivity index (χ2n) is 3.97. The van der Waals surface area contributed by atoms with Gasteiger partial charge in [-0.15, -0.1) is 5.10 Å². The van der Waals surface area contributed by atoms with Crippen molar-refractivity contribution in [3.05, 3.63) is 40.0 Å². The Morgan fingerprint density at radius 1 is 1.41 bits per heavy atom. The molecule has 0 fully saturated rings. The summed E-state index contributed by atoms with van der Waals surface area (Å²) < 4.78 is 6.50. The second-order valence-corrected chi connectivity index (χ2v) is 4.82. The molecule has 2 aromatic rings. The lowest BCUT2D eigenvalue weighted by Crippen LogP contribution is -2.04. The number of nitrogens with two attached hydrogens (primary N) is 1. The van der Waals surface area contributed by atoms with Gasteiger partial charge >= 0.3 is 0 Å². The lowest BCUT2D eigenvalue weighted by atomic mass is 10.1. The summed E-state index contributed by atoms with van der Waals surface area (Å²) in [6, 6.07) is 7.63. The Morgan fingerprint density at radius 3 is 2.71 bits per heavy atom. The molecule has 0 aliphatic heterocycles. The van der Waals surface area contributed by atoms with Gasteiger partial charge in [0.1, 0.15) is 5.75 Å². The third kappa shape index (κ3) is 2.87. The summed E-state index contributed by atoms with van der Waals surface area (Å²) in [4.78, 5) is 0. The van der Waals surface area contributed by atoms with Gasteiger partial charge in [-0.3, -0.25) is 5.10 Å². The number of rotatable bonds is 3. The Labute approximate surface area is 108 Å². The van der Waals surface area contributed by atoms with Crippen molar-refractivity contribution >= 4 is 15.9 Å². The molecule has 90 valence electrons. The van der Waals surface area contributed by atoms with Gasteiger partial charge in [0.05, 0.1) is 4.47 Å².